The van der Waals surface area contributed by atoms with Crippen LogP contribution in [0.2, 0.25) is 0 Å². The largest absolute Gasteiger partial charge is 0.456 e. The van der Waals surface area contributed by atoms with Gasteiger partial charge in [-0.05, 0) is 202 Å². The molecule has 8 aromatic rings. The summed E-state index contributed by atoms with van der Waals surface area (Å²) in [5, 5.41) is 2.30. The van der Waals surface area contributed by atoms with E-state index in [4.69, 9.17) is 4.42 Å². The zero-order valence-electron chi connectivity index (χ0n) is 48.0. The lowest BCUT2D eigenvalue weighted by atomic mass is 9.33. The number of benzene rings is 7. The first-order valence-electron chi connectivity index (χ1n) is 29.0. The fourth-order valence-electron chi connectivity index (χ4n) is 16.1. The highest BCUT2D eigenvalue weighted by molar-refractivity contribution is 7.00. The molecule has 1 fully saturated rings. The third kappa shape index (κ3) is 6.50. The Labute approximate surface area is 454 Å². The molecule has 4 nitrogen and oxygen atoms in total. The minimum Gasteiger partial charge on any atom is -0.456 e. The second-order valence-electron chi connectivity index (χ2n) is 28.7. The van der Waals surface area contributed by atoms with Gasteiger partial charge in [0.15, 0.2) is 0 Å². The van der Waals surface area contributed by atoms with Crippen LogP contribution >= 0.6 is 0 Å². The summed E-state index contributed by atoms with van der Waals surface area (Å²) < 4.78 is 6.77. The smallest absolute Gasteiger partial charge is 0.252 e. The number of fused-ring (bicyclic) bond motifs is 12. The Morgan fingerprint density at radius 3 is 1.74 bits per heavy atom. The quantitative estimate of drug-likeness (QED) is 0.164. The van der Waals surface area contributed by atoms with E-state index in [-0.39, 0.29) is 44.7 Å². The minimum absolute atomic E-state index is 0.00616. The van der Waals surface area contributed by atoms with Crippen LogP contribution in [0.25, 0.3) is 21.9 Å². The second-order valence-corrected chi connectivity index (χ2v) is 28.7. The number of aryl methyl sites for hydroxylation is 1. The fraction of sp³-hybridized carbons (Fsp3) is 0.408. The van der Waals surface area contributed by atoms with Crippen molar-refractivity contribution < 1.29 is 4.42 Å². The molecule has 386 valence electrons. The van der Waals surface area contributed by atoms with Gasteiger partial charge in [-0.1, -0.05) is 151 Å². The molecule has 1 saturated carbocycles. The van der Waals surface area contributed by atoms with Crippen LogP contribution in [-0.2, 0) is 32.5 Å². The lowest BCUT2D eigenvalue weighted by Crippen LogP contribution is -2.64. The molecule has 0 spiro atoms. The maximum absolute atomic E-state index is 6.77. The zero-order valence-corrected chi connectivity index (χ0v) is 48.0. The van der Waals surface area contributed by atoms with E-state index < -0.39 is 0 Å². The van der Waals surface area contributed by atoms with Gasteiger partial charge in [0.25, 0.3) is 6.71 Å². The molecule has 2 unspecified atom stereocenters. The summed E-state index contributed by atoms with van der Waals surface area (Å²) >= 11 is 0. The summed E-state index contributed by atoms with van der Waals surface area (Å²) in [4.78, 5) is 8.17. The third-order valence-corrected chi connectivity index (χ3v) is 21.1. The molecule has 0 N–H and O–H groups in total. The average Bonchev–Trinajstić information content (AvgIpc) is 4.06. The second kappa shape index (κ2) is 15.5. The summed E-state index contributed by atoms with van der Waals surface area (Å²) in [7, 11) is 0. The zero-order chi connectivity index (χ0) is 53.0. The van der Waals surface area contributed by atoms with Crippen molar-refractivity contribution in [1.29, 1.82) is 0 Å². The number of furan rings is 1. The summed E-state index contributed by atoms with van der Waals surface area (Å²) in [6, 6.07) is 48.3. The number of rotatable bonds is 4. The topological polar surface area (TPSA) is 22.9 Å². The molecule has 2 atom stereocenters. The van der Waals surface area contributed by atoms with Crippen LogP contribution in [0, 0.1) is 6.92 Å². The molecular formula is C71H78BN3O. The predicted molar refractivity (Wildman–Crippen MR) is 325 cm³/mol. The number of anilines is 8. The molecule has 0 bridgehead atoms. The van der Waals surface area contributed by atoms with Gasteiger partial charge >= 0.3 is 0 Å². The third-order valence-electron chi connectivity index (χ3n) is 21.1. The molecule has 76 heavy (non-hydrogen) atoms. The highest BCUT2D eigenvalue weighted by atomic mass is 16.3. The molecule has 0 radical (unpaired) electrons. The van der Waals surface area contributed by atoms with E-state index in [2.05, 4.69) is 233 Å². The molecule has 1 aromatic heterocycles. The molecule has 6 aliphatic rings. The van der Waals surface area contributed by atoms with E-state index >= 15 is 0 Å². The van der Waals surface area contributed by atoms with Crippen LogP contribution in [0.3, 0.4) is 0 Å². The van der Waals surface area contributed by atoms with Crippen LogP contribution < -0.4 is 31.1 Å². The van der Waals surface area contributed by atoms with Crippen molar-refractivity contribution in [1.82, 2.24) is 0 Å². The van der Waals surface area contributed by atoms with E-state index in [9.17, 15) is 0 Å². The van der Waals surface area contributed by atoms with E-state index in [0.29, 0.717) is 0 Å². The highest BCUT2D eigenvalue weighted by Gasteiger charge is 2.61. The maximum Gasteiger partial charge on any atom is 0.252 e. The molecular weight excluding hydrogens is 922 g/mol. The van der Waals surface area contributed by atoms with Crippen molar-refractivity contribution >= 4 is 90.5 Å². The van der Waals surface area contributed by atoms with Gasteiger partial charge < -0.3 is 19.1 Å². The summed E-state index contributed by atoms with van der Waals surface area (Å²) in [6.07, 6.45) is 9.59. The van der Waals surface area contributed by atoms with E-state index in [1.807, 2.05) is 0 Å². The summed E-state index contributed by atoms with van der Waals surface area (Å²) in [5.74, 6) is 0. The Morgan fingerprint density at radius 2 is 1.08 bits per heavy atom. The van der Waals surface area contributed by atoms with E-state index in [1.165, 1.54) is 141 Å². The van der Waals surface area contributed by atoms with Gasteiger partial charge in [-0.25, -0.2) is 0 Å². The molecule has 7 aromatic carbocycles. The fourth-order valence-corrected chi connectivity index (χ4v) is 16.1. The van der Waals surface area contributed by atoms with Crippen LogP contribution in [-0.4, -0.2) is 12.3 Å². The number of para-hydroxylation sites is 1. The van der Waals surface area contributed by atoms with Gasteiger partial charge in [0.2, 0.25) is 0 Å². The van der Waals surface area contributed by atoms with Gasteiger partial charge in [-0.2, -0.15) is 0 Å². The number of hydrogen-bond acceptors (Lipinski definition) is 4. The van der Waals surface area contributed by atoms with Gasteiger partial charge in [0.05, 0.1) is 16.6 Å². The Morgan fingerprint density at radius 1 is 0.500 bits per heavy atom. The van der Waals surface area contributed by atoms with Gasteiger partial charge in [0.1, 0.15) is 11.2 Å². The predicted octanol–water partition coefficient (Wildman–Crippen LogP) is 17.7. The molecule has 0 amide bonds. The monoisotopic (exact) mass is 1000 g/mol. The Bertz CT molecular complexity index is 3720. The van der Waals surface area contributed by atoms with Gasteiger partial charge in [0, 0.05) is 50.6 Å². The maximum atomic E-state index is 6.77. The van der Waals surface area contributed by atoms with Crippen molar-refractivity contribution in [3.05, 3.63) is 160 Å². The first-order chi connectivity index (χ1) is 35.9. The summed E-state index contributed by atoms with van der Waals surface area (Å²) in [5.41, 5.74) is 26.6. The molecule has 14 rings (SSSR count). The van der Waals surface area contributed by atoms with Crippen molar-refractivity contribution in [2.75, 3.05) is 14.7 Å². The van der Waals surface area contributed by atoms with Crippen molar-refractivity contribution in [2.45, 2.75) is 186 Å². The molecule has 3 aliphatic heterocycles. The molecule has 4 heterocycles. The molecule has 3 aliphatic carbocycles. The standard InChI is InChI=1S/C71H78BN3O/c1-43-36-58-63-59(37-43)75-64-53(70(13)30-17-18-31-71(70,75)14)38-44(65(2,3)4)39-55(64)72(63)54-29-26-47(42-57(54)74(58)56-21-19-23-61-62(56)48-20-15-16-22-60(48)76-61)73(45-24-27-49-51(40-45)68(9,10)34-32-66(49,5)6)46-25-28-50-52(41-46)69(11,12)35-33-67(50,7)8/h15-16,19-29,36-42H,17-18,30-35H2,1-14H3. The van der Waals surface area contributed by atoms with Crippen LogP contribution in [0.1, 0.15) is 180 Å². The average molecular weight is 1000 g/mol. The first-order valence-corrected chi connectivity index (χ1v) is 29.0. The first kappa shape index (κ1) is 48.2. The normalized spacial score (nSPS) is 22.9. The molecule has 5 heteroatoms. The van der Waals surface area contributed by atoms with Gasteiger partial charge in [-0.15, -0.1) is 0 Å². The number of nitrogens with zero attached hydrogens (tertiary/aromatic N) is 3. The lowest BCUT2D eigenvalue weighted by Gasteiger charge is -2.53. The Kier molecular flexibility index (Phi) is 9.84. The molecule has 0 saturated heterocycles. The summed E-state index contributed by atoms with van der Waals surface area (Å²) in [6.45, 7) is 34.5. The Balaban J connectivity index is 1.09. The Hall–Kier alpha value is -6.20. The van der Waals surface area contributed by atoms with Crippen molar-refractivity contribution in [2.24, 2.45) is 0 Å². The minimum atomic E-state index is -0.0705. The van der Waals surface area contributed by atoms with Crippen LogP contribution in [0.15, 0.2) is 126 Å². The van der Waals surface area contributed by atoms with Gasteiger partial charge in [-0.3, -0.25) is 0 Å². The lowest BCUT2D eigenvalue weighted by molar-refractivity contribution is 0.195. The number of hydrogen-bond donors (Lipinski definition) is 0. The van der Waals surface area contributed by atoms with Crippen LogP contribution in [0.5, 0.6) is 0 Å². The van der Waals surface area contributed by atoms with Crippen molar-refractivity contribution in [3.63, 3.8) is 0 Å². The van der Waals surface area contributed by atoms with Crippen molar-refractivity contribution in [3.8, 4) is 0 Å². The highest BCUT2D eigenvalue weighted by Crippen LogP contribution is 2.63. The van der Waals surface area contributed by atoms with E-state index in [0.717, 1.165) is 27.6 Å². The van der Waals surface area contributed by atoms with E-state index in [1.54, 1.807) is 5.56 Å². The SMILES string of the molecule is Cc1cc2c3c(c1)N1c4c(cc(C(C)(C)C)cc4C4(C)CCCCC14C)B3c1ccc(N(c3ccc4c(c3)C(C)(C)CCC4(C)C)c3ccc4c(c3)C(C)(C)CCC4(C)C)cc1N2c1cccc2oc3ccccc3c12. The van der Waals surface area contributed by atoms with Crippen LogP contribution in [0.4, 0.5) is 45.5 Å².